The maximum Gasteiger partial charge on any atom is 0.342 e. The van der Waals surface area contributed by atoms with Crippen LogP contribution in [0.25, 0.3) is 0 Å². The van der Waals surface area contributed by atoms with E-state index in [-0.39, 0.29) is 16.3 Å². The Labute approximate surface area is 206 Å². The molecule has 35 heavy (non-hydrogen) atoms. The second-order valence-corrected chi connectivity index (χ2v) is 11.6. The number of nitrogens with one attached hydrogen (secondary N) is 1. The van der Waals surface area contributed by atoms with Crippen molar-refractivity contribution in [3.8, 4) is 11.5 Å². The Balaban J connectivity index is 1.97. The Morgan fingerprint density at radius 1 is 1.06 bits per heavy atom. The van der Waals surface area contributed by atoms with Crippen molar-refractivity contribution in [2.75, 3.05) is 29.9 Å². The Bertz CT molecular complexity index is 1340. The van der Waals surface area contributed by atoms with Crippen molar-refractivity contribution in [2.45, 2.75) is 30.9 Å². The summed E-state index contributed by atoms with van der Waals surface area (Å²) in [7, 11) is -6.17. The van der Waals surface area contributed by atoms with Gasteiger partial charge in [0, 0.05) is 30.7 Å². The van der Waals surface area contributed by atoms with Crippen LogP contribution in [0.15, 0.2) is 71.9 Å². The van der Waals surface area contributed by atoms with Gasteiger partial charge in [-0.1, -0.05) is 12.1 Å². The van der Waals surface area contributed by atoms with Crippen LogP contribution in [0.2, 0.25) is 0 Å². The molecule has 0 saturated carbocycles. The molecule has 0 aliphatic carbocycles. The Kier molecular flexibility index (Phi) is 8.19. The van der Waals surface area contributed by atoms with E-state index < -0.39 is 23.0 Å². The number of hydrogen-bond donors (Lipinski definition) is 1. The van der Waals surface area contributed by atoms with Crippen LogP contribution < -0.4 is 19.1 Å². The predicted molar refractivity (Wildman–Crippen MR) is 134 cm³/mol. The summed E-state index contributed by atoms with van der Waals surface area (Å²) in [5.74, 6) is 0.523. The van der Waals surface area contributed by atoms with Gasteiger partial charge in [0.15, 0.2) is 5.28 Å². The first-order valence-corrected chi connectivity index (χ1v) is 13.4. The number of anilines is 2. The lowest BCUT2D eigenvalue weighted by molar-refractivity contribution is 0.332. The van der Waals surface area contributed by atoms with Crippen LogP contribution in [-0.2, 0) is 19.2 Å². The molecule has 0 aliphatic rings. The smallest absolute Gasteiger partial charge is 0.342 e. The van der Waals surface area contributed by atoms with Crippen LogP contribution in [0.5, 0.6) is 11.5 Å². The van der Waals surface area contributed by atoms with Gasteiger partial charge in [-0.3, -0.25) is 4.98 Å². The molecule has 0 fully saturated rings. The highest BCUT2D eigenvalue weighted by molar-refractivity contribution is 7.93. The lowest BCUT2D eigenvalue weighted by Gasteiger charge is -2.34. The Morgan fingerprint density at radius 2 is 1.74 bits per heavy atom. The van der Waals surface area contributed by atoms with Crippen LogP contribution >= 0.6 is 7.68 Å². The number of sulfonamides is 1. The largest absolute Gasteiger partial charge is 0.495 e. The van der Waals surface area contributed by atoms with E-state index in [0.29, 0.717) is 24.5 Å². The molecule has 3 aromatic rings. The van der Waals surface area contributed by atoms with Crippen molar-refractivity contribution in [1.82, 2.24) is 4.98 Å². The molecule has 0 amide bonds. The zero-order valence-corrected chi connectivity index (χ0v) is 21.7. The van der Waals surface area contributed by atoms with E-state index in [1.54, 1.807) is 43.6 Å². The molecular weight excluding hydrogens is 489 g/mol. The maximum atomic E-state index is 13.8. The minimum atomic E-state index is -4.34. The molecular formula is C24H28N3O6PS. The summed E-state index contributed by atoms with van der Waals surface area (Å²) in [5.41, 5.74) is 1.76. The van der Waals surface area contributed by atoms with Crippen LogP contribution in [-0.4, -0.2) is 38.9 Å². The van der Waals surface area contributed by atoms with Crippen LogP contribution in [0, 0.1) is 6.92 Å². The summed E-state index contributed by atoms with van der Waals surface area (Å²) in [6, 6.07) is 14.6. The van der Waals surface area contributed by atoms with Gasteiger partial charge in [-0.15, -0.1) is 0 Å². The third kappa shape index (κ3) is 6.01. The fraction of sp³-hybridized carbons (Fsp3) is 0.292. The van der Waals surface area contributed by atoms with Crippen LogP contribution in [0.3, 0.4) is 0 Å². The molecule has 1 aromatic heterocycles. The normalized spacial score (nSPS) is 11.5. The number of ether oxygens (including phenoxy) is 2. The molecule has 11 heteroatoms. The molecule has 3 rings (SSSR count). The minimum absolute atomic E-state index is 0.112. The average Bonchev–Trinajstić information content (AvgIpc) is 2.82. The molecule has 1 N–H and O–H groups in total. The number of nitrogens with zero attached hydrogens (tertiary/aromatic N) is 2. The molecule has 0 aliphatic heterocycles. The molecule has 0 unspecified atom stereocenters. The van der Waals surface area contributed by atoms with Crippen molar-refractivity contribution < 1.29 is 27.0 Å². The van der Waals surface area contributed by atoms with Crippen molar-refractivity contribution in [1.29, 1.82) is 0 Å². The van der Waals surface area contributed by atoms with Gasteiger partial charge in [0.1, 0.15) is 23.0 Å². The van der Waals surface area contributed by atoms with Gasteiger partial charge < -0.3 is 14.8 Å². The number of hydrogen-bond acceptors (Lipinski definition) is 8. The quantitative estimate of drug-likeness (QED) is 0.279. The van der Waals surface area contributed by atoms with Gasteiger partial charge in [-0.2, -0.15) is 0 Å². The van der Waals surface area contributed by atoms with Crippen LogP contribution in [0.1, 0.15) is 19.4 Å². The second kappa shape index (κ2) is 10.9. The monoisotopic (exact) mass is 517 g/mol. The van der Waals surface area contributed by atoms with E-state index in [1.807, 2.05) is 12.1 Å². The fourth-order valence-electron chi connectivity index (χ4n) is 3.52. The third-order valence-corrected chi connectivity index (χ3v) is 8.45. The molecule has 0 spiro atoms. The van der Waals surface area contributed by atoms with Gasteiger partial charge in [0.05, 0.1) is 12.8 Å². The Hall–Kier alpha value is -3.36. The standard InChI is InChI=1S/C24H28N3O6PS/c1-18-15-20(17-21(16-18)33-14-13-26-19-9-11-25-12-10-19)27(24(2,3)34(28)29)35(30,31)23-8-6-5-7-22(23)32-4/h5-12,15-17H,13-14H2,1-4H3,(H,25,26). The van der Waals surface area contributed by atoms with Crippen molar-refractivity contribution in [2.24, 2.45) is 0 Å². The van der Waals surface area contributed by atoms with Gasteiger partial charge in [0.25, 0.3) is 10.0 Å². The summed E-state index contributed by atoms with van der Waals surface area (Å²) in [6.07, 6.45) is 3.35. The summed E-state index contributed by atoms with van der Waals surface area (Å²) in [5, 5.41) is 1.42. The highest BCUT2D eigenvalue weighted by atomic mass is 32.2. The highest BCUT2D eigenvalue weighted by Gasteiger charge is 2.43. The highest BCUT2D eigenvalue weighted by Crippen LogP contribution is 2.43. The summed E-state index contributed by atoms with van der Waals surface area (Å²) in [6.45, 7) is 5.25. The minimum Gasteiger partial charge on any atom is -0.495 e. The van der Waals surface area contributed by atoms with E-state index >= 15 is 0 Å². The predicted octanol–water partition coefficient (Wildman–Crippen LogP) is 4.99. The van der Waals surface area contributed by atoms with E-state index in [0.717, 1.165) is 9.99 Å². The lowest BCUT2D eigenvalue weighted by atomic mass is 10.2. The topological polar surface area (TPSA) is 115 Å². The molecule has 1 heterocycles. The van der Waals surface area contributed by atoms with E-state index in [1.165, 1.54) is 39.2 Å². The average molecular weight is 518 g/mol. The van der Waals surface area contributed by atoms with E-state index in [4.69, 9.17) is 9.47 Å². The first-order chi connectivity index (χ1) is 16.6. The molecule has 0 bridgehead atoms. The van der Waals surface area contributed by atoms with Crippen LogP contribution in [0.4, 0.5) is 11.4 Å². The molecule has 9 nitrogen and oxygen atoms in total. The number of pyridine rings is 1. The number of para-hydroxylation sites is 1. The zero-order chi connectivity index (χ0) is 25.6. The molecule has 0 saturated heterocycles. The fourth-order valence-corrected chi connectivity index (χ4v) is 6.13. The maximum absolute atomic E-state index is 13.8. The van der Waals surface area contributed by atoms with Gasteiger partial charge in [0.2, 0.25) is 0 Å². The summed E-state index contributed by atoms with van der Waals surface area (Å²) < 4.78 is 64.1. The summed E-state index contributed by atoms with van der Waals surface area (Å²) in [4.78, 5) is 3.82. The van der Waals surface area contributed by atoms with E-state index in [2.05, 4.69) is 10.3 Å². The van der Waals surface area contributed by atoms with Gasteiger partial charge >= 0.3 is 7.68 Å². The number of rotatable bonds is 11. The number of methoxy groups -OCH3 is 1. The Morgan fingerprint density at radius 3 is 2.40 bits per heavy atom. The SMILES string of the molecule is COc1ccccc1S(=O)(=O)N(c1cc(C)cc(OCCNc2ccncc2)c1)C(C)(C)P(=O)=O. The third-order valence-electron chi connectivity index (χ3n) is 5.18. The first kappa shape index (κ1) is 26.2. The van der Waals surface area contributed by atoms with Crippen molar-refractivity contribution >= 4 is 29.1 Å². The molecule has 0 atom stereocenters. The van der Waals surface area contributed by atoms with Crippen molar-refractivity contribution in [3.05, 3.63) is 72.6 Å². The lowest BCUT2D eigenvalue weighted by Crippen LogP contribution is -2.45. The number of aromatic nitrogens is 1. The molecule has 186 valence electrons. The number of aryl methyl sites for hydroxylation is 1. The molecule has 2 aromatic carbocycles. The summed E-state index contributed by atoms with van der Waals surface area (Å²) >= 11 is 0. The van der Waals surface area contributed by atoms with Crippen molar-refractivity contribution in [3.63, 3.8) is 0 Å². The molecule has 0 radical (unpaired) electrons. The van der Waals surface area contributed by atoms with Gasteiger partial charge in [-0.05, 0) is 62.7 Å². The zero-order valence-electron chi connectivity index (χ0n) is 20.0. The number of benzene rings is 2. The second-order valence-electron chi connectivity index (χ2n) is 8.19. The first-order valence-electron chi connectivity index (χ1n) is 10.8. The van der Waals surface area contributed by atoms with E-state index in [9.17, 15) is 17.5 Å². The van der Waals surface area contributed by atoms with Gasteiger partial charge in [-0.25, -0.2) is 21.9 Å².